The summed E-state index contributed by atoms with van der Waals surface area (Å²) >= 11 is 0. The van der Waals surface area contributed by atoms with E-state index < -0.39 is 11.6 Å². The Labute approximate surface area is 271 Å². The summed E-state index contributed by atoms with van der Waals surface area (Å²) in [6, 6.07) is 6.45. The number of ether oxygens (including phenoxy) is 2. The Kier molecular flexibility index (Phi) is 8.21. The molecule has 1 aliphatic carbocycles. The highest BCUT2D eigenvalue weighted by atomic mass is 19.1. The van der Waals surface area contributed by atoms with E-state index in [1.54, 1.807) is 12.1 Å². The summed E-state index contributed by atoms with van der Waals surface area (Å²) in [4.78, 5) is 15.8. The van der Waals surface area contributed by atoms with Crippen molar-refractivity contribution >= 4 is 5.91 Å². The molecule has 47 heavy (non-hydrogen) atoms. The second kappa shape index (κ2) is 12.4. The molecule has 3 aliphatic rings. The van der Waals surface area contributed by atoms with E-state index >= 15 is 4.39 Å². The van der Waals surface area contributed by atoms with E-state index in [9.17, 15) is 13.6 Å². The number of hydrogen-bond acceptors (Lipinski definition) is 6. The van der Waals surface area contributed by atoms with Gasteiger partial charge in [-0.25, -0.2) is 22.5 Å². The van der Waals surface area contributed by atoms with Crippen LogP contribution in [0.25, 0.3) is 5.69 Å². The molecular formula is C35H39F3N6O3. The third-order valence-corrected chi connectivity index (χ3v) is 10.2. The van der Waals surface area contributed by atoms with Crippen LogP contribution in [0, 0.1) is 17.5 Å². The van der Waals surface area contributed by atoms with Gasteiger partial charge in [-0.1, -0.05) is 18.6 Å². The van der Waals surface area contributed by atoms with E-state index in [2.05, 4.69) is 15.4 Å². The van der Waals surface area contributed by atoms with E-state index in [-0.39, 0.29) is 46.8 Å². The normalized spacial score (nSPS) is 21.9. The number of likely N-dealkylation sites (tertiary alicyclic amines) is 1. The number of rotatable bonds is 7. The van der Waals surface area contributed by atoms with Crippen molar-refractivity contribution in [2.45, 2.75) is 95.2 Å². The Bertz CT molecular complexity index is 1800. The van der Waals surface area contributed by atoms with Crippen LogP contribution in [0.1, 0.15) is 104 Å². The highest BCUT2D eigenvalue weighted by molar-refractivity contribution is 5.95. The summed E-state index contributed by atoms with van der Waals surface area (Å²) in [5.74, 6) is -1.30. The van der Waals surface area contributed by atoms with Gasteiger partial charge in [0.25, 0.3) is 5.91 Å². The Morgan fingerprint density at radius 2 is 1.94 bits per heavy atom. The molecule has 0 bridgehead atoms. The largest absolute Gasteiger partial charge is 0.494 e. The molecular weight excluding hydrogens is 609 g/mol. The zero-order chi connectivity index (χ0) is 32.9. The van der Waals surface area contributed by atoms with Crippen molar-refractivity contribution in [2.75, 3.05) is 13.7 Å². The Morgan fingerprint density at radius 3 is 2.68 bits per heavy atom. The number of benzene rings is 2. The standard InChI is InChI=1S/C35H39F3N6O3/c1-4-7-29-25(19-39-44(29)30-16-27(38)33(46-3)17-26(30)37)34(45)42-13-10-22(14-21(42)2)28-20-43(41-40-28)31-18-35(11-5-6-12-35)47-32-9-8-23(36)15-24(31)32/h8-9,15-17,19-22,31H,4-7,10-14,18H2,1-3H3/t21?,22?,31-/m0/s1. The number of methoxy groups -OCH3 is 1. The zero-order valence-corrected chi connectivity index (χ0v) is 26.9. The van der Waals surface area contributed by atoms with Gasteiger partial charge in [-0.05, 0) is 70.1 Å². The van der Waals surface area contributed by atoms with E-state index in [4.69, 9.17) is 9.47 Å². The van der Waals surface area contributed by atoms with Crippen LogP contribution >= 0.6 is 0 Å². The molecule has 1 spiro atoms. The molecule has 3 atom stereocenters. The minimum Gasteiger partial charge on any atom is -0.494 e. The van der Waals surface area contributed by atoms with Gasteiger partial charge in [0.05, 0.1) is 36.3 Å². The lowest BCUT2D eigenvalue weighted by molar-refractivity contribution is 0.0352. The number of piperidine rings is 1. The fraction of sp³-hybridized carbons (Fsp3) is 0.486. The SMILES string of the molecule is CCCc1c(C(=O)N2CCC(c3cn([C@H]4CC5(CCCC5)Oc5ccc(F)cc54)nn3)CC2C)cnn1-c1cc(F)c(OC)cc1F. The highest BCUT2D eigenvalue weighted by Crippen LogP contribution is 2.48. The van der Waals surface area contributed by atoms with Gasteiger partial charge in [-0.15, -0.1) is 5.10 Å². The minimum atomic E-state index is -0.714. The van der Waals surface area contributed by atoms with E-state index in [1.807, 2.05) is 29.6 Å². The molecule has 4 heterocycles. The third-order valence-electron chi connectivity index (χ3n) is 10.2. The number of carbonyl (C=O) groups excluding carboxylic acids is 1. The molecule has 2 aromatic carbocycles. The van der Waals surface area contributed by atoms with Gasteiger partial charge in [0.2, 0.25) is 0 Å². The maximum absolute atomic E-state index is 15.0. The van der Waals surface area contributed by atoms with Crippen LogP contribution in [0.15, 0.2) is 42.7 Å². The topological polar surface area (TPSA) is 87.3 Å². The second-order valence-corrected chi connectivity index (χ2v) is 13.2. The fourth-order valence-electron chi connectivity index (χ4n) is 7.77. The molecule has 0 N–H and O–H groups in total. The molecule has 9 nitrogen and oxygen atoms in total. The molecule has 4 aromatic rings. The first-order valence-electron chi connectivity index (χ1n) is 16.5. The van der Waals surface area contributed by atoms with Crippen molar-refractivity contribution in [1.29, 1.82) is 0 Å². The lowest BCUT2D eigenvalue weighted by atomic mass is 9.85. The summed E-state index contributed by atoms with van der Waals surface area (Å²) in [6.45, 7) is 4.47. The zero-order valence-electron chi connectivity index (χ0n) is 26.9. The molecule has 1 saturated carbocycles. The van der Waals surface area contributed by atoms with Crippen LogP contribution in [0.5, 0.6) is 11.5 Å². The number of nitrogens with zero attached hydrogens (tertiary/aromatic N) is 6. The van der Waals surface area contributed by atoms with Crippen molar-refractivity contribution in [3.05, 3.63) is 82.7 Å². The first kappa shape index (κ1) is 31.3. The van der Waals surface area contributed by atoms with Crippen molar-refractivity contribution in [1.82, 2.24) is 29.7 Å². The predicted octanol–water partition coefficient (Wildman–Crippen LogP) is 6.94. The van der Waals surface area contributed by atoms with Crippen molar-refractivity contribution < 1.29 is 27.4 Å². The van der Waals surface area contributed by atoms with Crippen molar-refractivity contribution in [3.63, 3.8) is 0 Å². The minimum absolute atomic E-state index is 0.0746. The molecule has 12 heteroatoms. The van der Waals surface area contributed by atoms with Gasteiger partial charge in [0.15, 0.2) is 17.4 Å². The van der Waals surface area contributed by atoms with Crippen LogP contribution in [0.2, 0.25) is 0 Å². The van der Waals surface area contributed by atoms with E-state index in [0.717, 1.165) is 55.5 Å². The van der Waals surface area contributed by atoms with Gasteiger partial charge in [-0.2, -0.15) is 5.10 Å². The number of hydrogen-bond donors (Lipinski definition) is 0. The predicted molar refractivity (Wildman–Crippen MR) is 168 cm³/mol. The van der Waals surface area contributed by atoms with Crippen LogP contribution < -0.4 is 9.47 Å². The molecule has 0 radical (unpaired) electrons. The maximum Gasteiger partial charge on any atom is 0.257 e. The van der Waals surface area contributed by atoms with E-state index in [0.29, 0.717) is 49.2 Å². The lowest BCUT2D eigenvalue weighted by Gasteiger charge is -2.40. The summed E-state index contributed by atoms with van der Waals surface area (Å²) in [5.41, 5.74) is 2.21. The molecule has 7 rings (SSSR count). The van der Waals surface area contributed by atoms with Crippen molar-refractivity contribution in [2.24, 2.45) is 0 Å². The summed E-state index contributed by atoms with van der Waals surface area (Å²) in [7, 11) is 1.27. The number of halogens is 3. The Balaban J connectivity index is 1.10. The van der Waals surface area contributed by atoms with Crippen molar-refractivity contribution in [3.8, 4) is 17.2 Å². The first-order chi connectivity index (χ1) is 22.7. The number of aromatic nitrogens is 5. The lowest BCUT2D eigenvalue weighted by Crippen LogP contribution is -2.44. The average Bonchev–Trinajstić information content (AvgIpc) is 3.83. The molecule has 2 fully saturated rings. The van der Waals surface area contributed by atoms with Gasteiger partial charge < -0.3 is 14.4 Å². The Morgan fingerprint density at radius 1 is 1.13 bits per heavy atom. The monoisotopic (exact) mass is 648 g/mol. The van der Waals surface area contributed by atoms with E-state index in [1.165, 1.54) is 24.1 Å². The number of amides is 1. The molecule has 2 aromatic heterocycles. The van der Waals surface area contributed by atoms with Gasteiger partial charge >= 0.3 is 0 Å². The third kappa shape index (κ3) is 5.65. The fourth-order valence-corrected chi connectivity index (χ4v) is 7.77. The van der Waals surface area contributed by atoms with Gasteiger partial charge in [-0.3, -0.25) is 4.79 Å². The van der Waals surface area contributed by atoms with Crippen LogP contribution in [0.3, 0.4) is 0 Å². The second-order valence-electron chi connectivity index (χ2n) is 13.2. The number of carbonyl (C=O) groups is 1. The summed E-state index contributed by atoms with van der Waals surface area (Å²) < 4.78 is 58.4. The quantitative estimate of drug-likeness (QED) is 0.216. The first-order valence-corrected chi connectivity index (χ1v) is 16.5. The maximum atomic E-state index is 15.0. The highest BCUT2D eigenvalue weighted by Gasteiger charge is 2.44. The molecule has 1 amide bonds. The molecule has 2 unspecified atom stereocenters. The smallest absolute Gasteiger partial charge is 0.257 e. The average molecular weight is 649 g/mol. The van der Waals surface area contributed by atoms with Crippen LogP contribution in [0.4, 0.5) is 13.2 Å². The van der Waals surface area contributed by atoms with Crippen LogP contribution in [-0.4, -0.2) is 60.9 Å². The Hall–Kier alpha value is -4.35. The summed E-state index contributed by atoms with van der Waals surface area (Å²) in [6.07, 6.45) is 10.8. The number of fused-ring (bicyclic) bond motifs is 1. The van der Waals surface area contributed by atoms with Gasteiger partial charge in [0.1, 0.15) is 22.9 Å². The molecule has 2 aliphatic heterocycles. The molecule has 1 saturated heterocycles. The van der Waals surface area contributed by atoms with Gasteiger partial charge in [0, 0.05) is 48.8 Å². The molecule has 248 valence electrons. The van der Waals surface area contributed by atoms with Crippen LogP contribution in [-0.2, 0) is 6.42 Å². The summed E-state index contributed by atoms with van der Waals surface area (Å²) in [5, 5.41) is 13.5.